The van der Waals surface area contributed by atoms with Crippen LogP contribution in [-0.2, 0) is 4.74 Å². The zero-order chi connectivity index (χ0) is 15.9. The third-order valence-electron chi connectivity index (χ3n) is 2.65. The van der Waals surface area contributed by atoms with Crippen LogP contribution in [0.4, 0.5) is 5.69 Å². The van der Waals surface area contributed by atoms with Crippen LogP contribution in [0.1, 0.15) is 17.3 Å². The molecule has 0 bridgehead atoms. The molecule has 0 radical (unpaired) electrons. The summed E-state index contributed by atoms with van der Waals surface area (Å²) in [7, 11) is 0. The van der Waals surface area contributed by atoms with Crippen LogP contribution in [0.15, 0.2) is 48.5 Å². The topological polar surface area (TPSA) is 87.9 Å². The van der Waals surface area contributed by atoms with Gasteiger partial charge in [-0.1, -0.05) is 0 Å². The molecule has 0 fully saturated rings. The molecule has 0 atom stereocenters. The Morgan fingerprint density at radius 3 is 1.95 bits per heavy atom. The summed E-state index contributed by atoms with van der Waals surface area (Å²) in [6.07, 6.45) is 0. The molecule has 7 nitrogen and oxygen atoms in total. The maximum atomic E-state index is 11.5. The molecule has 0 aliphatic rings. The van der Waals surface area contributed by atoms with Crippen molar-refractivity contribution in [3.8, 4) is 11.5 Å². The number of non-ortho nitro benzene ring substituents is 1. The molecule has 0 heterocycles. The van der Waals surface area contributed by atoms with E-state index in [9.17, 15) is 14.9 Å². The lowest BCUT2D eigenvalue weighted by Crippen LogP contribution is -2.05. The SMILES string of the molecule is CCOC(=O)c1ccc(OOc2ccc([N+](=O)[O-])cc2)cc1. The van der Waals surface area contributed by atoms with E-state index in [-0.39, 0.29) is 5.69 Å². The Morgan fingerprint density at radius 2 is 1.50 bits per heavy atom. The first-order valence-electron chi connectivity index (χ1n) is 6.46. The van der Waals surface area contributed by atoms with Gasteiger partial charge in [-0.25, -0.2) is 4.79 Å². The Labute approximate surface area is 126 Å². The molecule has 2 aromatic carbocycles. The second-order valence-electron chi connectivity index (χ2n) is 4.16. The smallest absolute Gasteiger partial charge is 0.338 e. The zero-order valence-corrected chi connectivity index (χ0v) is 11.7. The maximum absolute atomic E-state index is 11.5. The van der Waals surface area contributed by atoms with Gasteiger partial charge in [-0.05, 0) is 43.3 Å². The minimum atomic E-state index is -0.501. The highest BCUT2D eigenvalue weighted by molar-refractivity contribution is 5.89. The number of ether oxygens (including phenoxy) is 1. The highest BCUT2D eigenvalue weighted by Crippen LogP contribution is 2.19. The predicted octanol–water partition coefficient (Wildman–Crippen LogP) is 3.14. The van der Waals surface area contributed by atoms with Crippen LogP contribution in [0, 0.1) is 10.1 Å². The molecular weight excluding hydrogens is 290 g/mol. The Hall–Kier alpha value is -3.09. The third-order valence-corrected chi connectivity index (χ3v) is 2.65. The Kier molecular flexibility index (Phi) is 4.92. The molecule has 114 valence electrons. The fraction of sp³-hybridized carbons (Fsp3) is 0.133. The molecule has 22 heavy (non-hydrogen) atoms. The number of carbonyl (C=O) groups is 1. The molecule has 0 aromatic heterocycles. The van der Waals surface area contributed by atoms with Gasteiger partial charge in [-0.2, -0.15) is 0 Å². The first kappa shape index (κ1) is 15.3. The number of hydrogen-bond acceptors (Lipinski definition) is 6. The Bertz CT molecular complexity index is 651. The van der Waals surface area contributed by atoms with Crippen molar-refractivity contribution in [3.05, 3.63) is 64.2 Å². The van der Waals surface area contributed by atoms with E-state index in [1.54, 1.807) is 31.2 Å². The van der Waals surface area contributed by atoms with Gasteiger partial charge >= 0.3 is 5.97 Å². The van der Waals surface area contributed by atoms with Gasteiger partial charge in [0, 0.05) is 12.1 Å². The third kappa shape index (κ3) is 3.95. The summed E-state index contributed by atoms with van der Waals surface area (Å²) in [6.45, 7) is 2.04. The molecule has 0 unspecified atom stereocenters. The van der Waals surface area contributed by atoms with Crippen LogP contribution in [0.25, 0.3) is 0 Å². The van der Waals surface area contributed by atoms with Crippen LogP contribution in [0.5, 0.6) is 11.5 Å². The lowest BCUT2D eigenvalue weighted by Gasteiger charge is -2.06. The summed E-state index contributed by atoms with van der Waals surface area (Å²) in [5.41, 5.74) is 0.371. The van der Waals surface area contributed by atoms with Crippen molar-refractivity contribution in [3.63, 3.8) is 0 Å². The molecule has 2 aromatic rings. The van der Waals surface area contributed by atoms with Crippen molar-refractivity contribution < 1.29 is 24.2 Å². The highest BCUT2D eigenvalue weighted by Gasteiger charge is 2.07. The van der Waals surface area contributed by atoms with Crippen molar-refractivity contribution in [1.82, 2.24) is 0 Å². The monoisotopic (exact) mass is 303 g/mol. The van der Waals surface area contributed by atoms with Gasteiger partial charge < -0.3 is 4.74 Å². The van der Waals surface area contributed by atoms with E-state index in [4.69, 9.17) is 14.5 Å². The van der Waals surface area contributed by atoms with E-state index in [1.807, 2.05) is 0 Å². The fourth-order valence-electron chi connectivity index (χ4n) is 1.58. The number of nitro groups is 1. The normalized spacial score (nSPS) is 9.86. The van der Waals surface area contributed by atoms with Crippen molar-refractivity contribution >= 4 is 11.7 Å². The van der Waals surface area contributed by atoms with Crippen molar-refractivity contribution in [2.24, 2.45) is 0 Å². The molecule has 7 heteroatoms. The first-order valence-corrected chi connectivity index (χ1v) is 6.46. The molecule has 0 amide bonds. The summed E-state index contributed by atoms with van der Waals surface area (Å²) in [4.78, 5) is 31.6. The molecule has 2 rings (SSSR count). The highest BCUT2D eigenvalue weighted by atomic mass is 17.2. The van der Waals surface area contributed by atoms with Gasteiger partial charge in [-0.3, -0.25) is 19.9 Å². The van der Waals surface area contributed by atoms with Gasteiger partial charge in [-0.15, -0.1) is 0 Å². The predicted molar refractivity (Wildman–Crippen MR) is 76.8 cm³/mol. The van der Waals surface area contributed by atoms with Gasteiger partial charge in [0.2, 0.25) is 0 Å². The summed E-state index contributed by atoms with van der Waals surface area (Å²) >= 11 is 0. The number of esters is 1. The molecule has 0 spiro atoms. The summed E-state index contributed by atoms with van der Waals surface area (Å²) < 4.78 is 4.86. The quantitative estimate of drug-likeness (QED) is 0.352. The maximum Gasteiger partial charge on any atom is 0.338 e. The Morgan fingerprint density at radius 1 is 1.00 bits per heavy atom. The molecule has 0 aliphatic heterocycles. The first-order chi connectivity index (χ1) is 10.6. The average molecular weight is 303 g/mol. The van der Waals surface area contributed by atoms with E-state index in [2.05, 4.69) is 0 Å². The lowest BCUT2D eigenvalue weighted by atomic mass is 10.2. The molecule has 0 N–H and O–H groups in total. The van der Waals surface area contributed by atoms with Crippen LogP contribution in [-0.4, -0.2) is 17.5 Å². The van der Waals surface area contributed by atoms with Crippen LogP contribution < -0.4 is 9.78 Å². The second kappa shape index (κ2) is 7.07. The standard InChI is InChI=1S/C15H13NO6/c1-2-20-15(17)11-3-7-13(8-4-11)21-22-14-9-5-12(6-10-14)16(18)19/h3-10H,2H2,1H3. The number of carbonyl (C=O) groups excluding carboxylic acids is 1. The fourth-order valence-corrected chi connectivity index (χ4v) is 1.58. The lowest BCUT2D eigenvalue weighted by molar-refractivity contribution is -0.384. The van der Waals surface area contributed by atoms with Gasteiger partial charge in [0.25, 0.3) is 5.69 Å². The minimum Gasteiger partial charge on any atom is -0.462 e. The van der Waals surface area contributed by atoms with Crippen molar-refractivity contribution in [2.45, 2.75) is 6.92 Å². The second-order valence-corrected chi connectivity index (χ2v) is 4.16. The number of hydrogen-bond donors (Lipinski definition) is 0. The number of rotatable bonds is 6. The van der Waals surface area contributed by atoms with Crippen LogP contribution in [0.3, 0.4) is 0 Å². The summed E-state index contributed by atoms with van der Waals surface area (Å²) in [5, 5.41) is 10.5. The van der Waals surface area contributed by atoms with E-state index in [0.717, 1.165) is 0 Å². The summed E-state index contributed by atoms with van der Waals surface area (Å²) in [6, 6.07) is 11.7. The van der Waals surface area contributed by atoms with Gasteiger partial charge in [0.15, 0.2) is 11.5 Å². The summed E-state index contributed by atoms with van der Waals surface area (Å²) in [5.74, 6) is 0.289. The van der Waals surface area contributed by atoms with Crippen LogP contribution >= 0.6 is 0 Å². The minimum absolute atomic E-state index is 0.0360. The number of nitrogens with zero attached hydrogens (tertiary/aromatic N) is 1. The molecule has 0 saturated heterocycles. The van der Waals surface area contributed by atoms with Crippen LogP contribution in [0.2, 0.25) is 0 Å². The van der Waals surface area contributed by atoms with Gasteiger partial charge in [0.05, 0.1) is 17.1 Å². The van der Waals surface area contributed by atoms with Crippen molar-refractivity contribution in [2.75, 3.05) is 6.61 Å². The number of benzene rings is 2. The largest absolute Gasteiger partial charge is 0.462 e. The van der Waals surface area contributed by atoms with E-state index < -0.39 is 10.9 Å². The van der Waals surface area contributed by atoms with Crippen molar-refractivity contribution in [1.29, 1.82) is 0 Å². The van der Waals surface area contributed by atoms with E-state index in [1.165, 1.54) is 24.3 Å². The van der Waals surface area contributed by atoms with Gasteiger partial charge in [0.1, 0.15) is 0 Å². The average Bonchev–Trinajstić information content (AvgIpc) is 2.54. The van der Waals surface area contributed by atoms with E-state index in [0.29, 0.717) is 23.7 Å². The molecule has 0 aliphatic carbocycles. The van der Waals surface area contributed by atoms with E-state index >= 15 is 0 Å². The zero-order valence-electron chi connectivity index (χ0n) is 11.7. The number of nitro benzene ring substituents is 1. The Balaban J connectivity index is 1.94. The molecular formula is C15H13NO6. The molecule has 0 saturated carbocycles.